The maximum absolute atomic E-state index is 12.5. The van der Waals surface area contributed by atoms with Gasteiger partial charge in [0.25, 0.3) is 10.9 Å². The van der Waals surface area contributed by atoms with Gasteiger partial charge in [-0.1, -0.05) is 36.0 Å². The number of amides is 1. The maximum atomic E-state index is 12.5. The number of thiocarbonyl (C=S) groups is 1. The van der Waals surface area contributed by atoms with Crippen LogP contribution >= 0.6 is 35.6 Å². The van der Waals surface area contributed by atoms with Crippen molar-refractivity contribution in [3.8, 4) is 5.69 Å². The number of hydrogen-bond donors (Lipinski definition) is 0. The Balaban J connectivity index is 1.58. The Morgan fingerprint density at radius 3 is 2.47 bits per heavy atom. The highest BCUT2D eigenvalue weighted by Crippen LogP contribution is 2.35. The minimum atomic E-state index is -0.434. The van der Waals surface area contributed by atoms with Gasteiger partial charge in [0.1, 0.15) is 4.99 Å². The summed E-state index contributed by atoms with van der Waals surface area (Å²) in [5, 5.41) is 11.4. The fourth-order valence-electron chi connectivity index (χ4n) is 3.02. The SMILES string of the molecule is O=C1SC(=Cc2cccn2-c2ccc([N+](=O)[O-])cc2)C(=S)N1Cc1ccc(Cl)cc1. The molecule has 0 bridgehead atoms. The van der Waals surface area contributed by atoms with Crippen LogP contribution in [0.25, 0.3) is 11.8 Å². The summed E-state index contributed by atoms with van der Waals surface area (Å²) >= 11 is 12.6. The molecule has 1 aliphatic rings. The number of non-ortho nitro benzene ring substituents is 1. The van der Waals surface area contributed by atoms with Crippen LogP contribution in [0, 0.1) is 10.1 Å². The fourth-order valence-corrected chi connectivity index (χ4v) is 4.37. The fraction of sp³-hybridized carbons (Fsp3) is 0.0476. The van der Waals surface area contributed by atoms with E-state index in [1.165, 1.54) is 12.1 Å². The van der Waals surface area contributed by atoms with E-state index < -0.39 is 4.92 Å². The Kier molecular flexibility index (Phi) is 5.72. The van der Waals surface area contributed by atoms with Crippen molar-refractivity contribution in [3.63, 3.8) is 0 Å². The molecule has 1 amide bonds. The van der Waals surface area contributed by atoms with Crippen molar-refractivity contribution in [2.75, 3.05) is 0 Å². The number of carbonyl (C=O) groups excluding carboxylic acids is 1. The zero-order valence-corrected chi connectivity index (χ0v) is 17.8. The molecule has 3 aromatic rings. The van der Waals surface area contributed by atoms with Crippen LogP contribution in [0.2, 0.25) is 5.02 Å². The average molecular weight is 456 g/mol. The molecular weight excluding hydrogens is 442 g/mol. The molecule has 0 radical (unpaired) electrons. The Morgan fingerprint density at radius 1 is 1.10 bits per heavy atom. The number of halogens is 1. The molecule has 6 nitrogen and oxygen atoms in total. The molecule has 1 aromatic heterocycles. The molecule has 1 aliphatic heterocycles. The second-order valence-corrected chi connectivity index (χ2v) is 8.29. The zero-order chi connectivity index (χ0) is 21.3. The Labute approximate surface area is 186 Å². The first-order chi connectivity index (χ1) is 14.4. The number of rotatable bonds is 5. The van der Waals surface area contributed by atoms with Crippen molar-refractivity contribution < 1.29 is 9.72 Å². The second kappa shape index (κ2) is 8.43. The van der Waals surface area contributed by atoms with E-state index in [1.807, 2.05) is 41.1 Å². The third-order valence-corrected chi connectivity index (χ3v) is 6.27. The van der Waals surface area contributed by atoms with Crippen molar-refractivity contribution in [3.05, 3.63) is 98.2 Å². The number of aromatic nitrogens is 1. The molecule has 0 atom stereocenters. The van der Waals surface area contributed by atoms with E-state index in [0.29, 0.717) is 21.5 Å². The van der Waals surface area contributed by atoms with Gasteiger partial charge in [0, 0.05) is 34.7 Å². The summed E-state index contributed by atoms with van der Waals surface area (Å²) < 4.78 is 1.88. The lowest BCUT2D eigenvalue weighted by Gasteiger charge is -2.14. The van der Waals surface area contributed by atoms with Gasteiger partial charge in [-0.15, -0.1) is 0 Å². The summed E-state index contributed by atoms with van der Waals surface area (Å²) in [6.45, 7) is 0.378. The summed E-state index contributed by atoms with van der Waals surface area (Å²) in [4.78, 5) is 25.7. The minimum absolute atomic E-state index is 0.0294. The standard InChI is InChI=1S/C21H14ClN3O3S2/c22-15-5-3-14(4-6-15)13-24-20(29)19(30-21(24)26)12-18-2-1-11-23(18)16-7-9-17(10-8-16)25(27)28/h1-12H,13H2. The van der Waals surface area contributed by atoms with Gasteiger partial charge in [-0.25, -0.2) is 0 Å². The van der Waals surface area contributed by atoms with Crippen LogP contribution in [0.1, 0.15) is 11.3 Å². The monoisotopic (exact) mass is 455 g/mol. The number of nitro groups is 1. The van der Waals surface area contributed by atoms with E-state index in [1.54, 1.807) is 29.2 Å². The van der Waals surface area contributed by atoms with Gasteiger partial charge in [0.05, 0.1) is 16.4 Å². The van der Waals surface area contributed by atoms with Gasteiger partial charge in [-0.05, 0) is 59.8 Å². The number of thioether (sulfide) groups is 1. The predicted octanol–water partition coefficient (Wildman–Crippen LogP) is 6.08. The molecule has 4 rings (SSSR count). The third kappa shape index (κ3) is 4.16. The molecule has 0 N–H and O–H groups in total. The van der Waals surface area contributed by atoms with E-state index >= 15 is 0 Å². The topological polar surface area (TPSA) is 68.4 Å². The summed E-state index contributed by atoms with van der Waals surface area (Å²) in [7, 11) is 0. The summed E-state index contributed by atoms with van der Waals surface area (Å²) in [5.74, 6) is 0. The van der Waals surface area contributed by atoms with E-state index in [-0.39, 0.29) is 10.9 Å². The maximum Gasteiger partial charge on any atom is 0.291 e. The van der Waals surface area contributed by atoms with Crippen molar-refractivity contribution in [1.29, 1.82) is 0 Å². The van der Waals surface area contributed by atoms with Crippen molar-refractivity contribution in [1.82, 2.24) is 9.47 Å². The molecule has 2 aromatic carbocycles. The summed E-state index contributed by atoms with van der Waals surface area (Å²) in [6.07, 6.45) is 3.71. The largest absolute Gasteiger partial charge is 0.317 e. The molecular formula is C21H14ClN3O3S2. The molecule has 9 heteroatoms. The van der Waals surface area contributed by atoms with Crippen LogP contribution in [0.4, 0.5) is 10.5 Å². The van der Waals surface area contributed by atoms with Crippen LogP contribution in [-0.2, 0) is 6.54 Å². The van der Waals surface area contributed by atoms with Gasteiger partial charge in [-0.2, -0.15) is 0 Å². The molecule has 0 spiro atoms. The van der Waals surface area contributed by atoms with E-state index in [4.69, 9.17) is 23.8 Å². The van der Waals surface area contributed by atoms with E-state index in [2.05, 4.69) is 0 Å². The smallest absolute Gasteiger partial charge is 0.291 e. The first-order valence-electron chi connectivity index (χ1n) is 8.84. The van der Waals surface area contributed by atoms with E-state index in [9.17, 15) is 14.9 Å². The molecule has 0 unspecified atom stereocenters. The lowest BCUT2D eigenvalue weighted by atomic mass is 10.2. The van der Waals surface area contributed by atoms with Crippen LogP contribution in [0.15, 0.2) is 71.8 Å². The first kappa shape index (κ1) is 20.3. The normalized spacial score (nSPS) is 15.2. The first-order valence-corrected chi connectivity index (χ1v) is 10.4. The number of nitro benzene ring substituents is 1. The molecule has 150 valence electrons. The minimum Gasteiger partial charge on any atom is -0.317 e. The van der Waals surface area contributed by atoms with E-state index in [0.717, 1.165) is 28.7 Å². The average Bonchev–Trinajstić information content (AvgIpc) is 3.30. The molecule has 30 heavy (non-hydrogen) atoms. The van der Waals surface area contributed by atoms with Gasteiger partial charge in [0.2, 0.25) is 0 Å². The van der Waals surface area contributed by atoms with Crippen molar-refractivity contribution in [2.24, 2.45) is 0 Å². The van der Waals surface area contributed by atoms with Crippen LogP contribution in [0.3, 0.4) is 0 Å². The highest BCUT2D eigenvalue weighted by atomic mass is 35.5. The Bertz CT molecular complexity index is 1170. The van der Waals surface area contributed by atoms with Gasteiger partial charge in [0.15, 0.2) is 0 Å². The third-order valence-electron chi connectivity index (χ3n) is 4.53. The molecule has 0 saturated carbocycles. The van der Waals surface area contributed by atoms with Crippen LogP contribution < -0.4 is 0 Å². The lowest BCUT2D eigenvalue weighted by Crippen LogP contribution is -2.26. The highest BCUT2D eigenvalue weighted by molar-refractivity contribution is 8.19. The zero-order valence-electron chi connectivity index (χ0n) is 15.4. The molecule has 2 heterocycles. The van der Waals surface area contributed by atoms with Crippen molar-refractivity contribution in [2.45, 2.75) is 6.54 Å². The van der Waals surface area contributed by atoms with Gasteiger partial charge < -0.3 is 4.57 Å². The number of hydrogen-bond acceptors (Lipinski definition) is 5. The Hall–Kier alpha value is -2.94. The summed E-state index contributed by atoms with van der Waals surface area (Å²) in [5.41, 5.74) is 2.55. The second-order valence-electron chi connectivity index (χ2n) is 6.47. The molecule has 1 fully saturated rings. The highest BCUT2D eigenvalue weighted by Gasteiger charge is 2.31. The molecule has 1 saturated heterocycles. The number of nitrogens with zero attached hydrogens (tertiary/aromatic N) is 3. The number of carbonyl (C=O) groups is 1. The van der Waals surface area contributed by atoms with Crippen LogP contribution in [0.5, 0.6) is 0 Å². The predicted molar refractivity (Wildman–Crippen MR) is 123 cm³/mol. The summed E-state index contributed by atoms with van der Waals surface area (Å²) in [6, 6.07) is 17.3. The van der Waals surface area contributed by atoms with Gasteiger partial charge in [-0.3, -0.25) is 19.8 Å². The quantitative estimate of drug-likeness (QED) is 0.202. The van der Waals surface area contributed by atoms with Gasteiger partial charge >= 0.3 is 0 Å². The Morgan fingerprint density at radius 2 is 1.80 bits per heavy atom. The number of benzene rings is 2. The lowest BCUT2D eigenvalue weighted by molar-refractivity contribution is -0.384. The van der Waals surface area contributed by atoms with Crippen molar-refractivity contribution >= 4 is 57.6 Å². The molecule has 0 aliphatic carbocycles. The van der Waals surface area contributed by atoms with Crippen LogP contribution in [-0.4, -0.2) is 24.6 Å².